The summed E-state index contributed by atoms with van der Waals surface area (Å²) in [5.41, 5.74) is 10.2. The predicted octanol–water partition coefficient (Wildman–Crippen LogP) is -0.774. The fourth-order valence-corrected chi connectivity index (χ4v) is 0.497. The number of primary amides is 1. The normalized spacial score (nSPS) is 13.0. The predicted molar refractivity (Wildman–Crippen MR) is 38.3 cm³/mol. The minimum Gasteiger partial charge on any atom is -0.382 e. The molecule has 60 valence electrons. The molecule has 0 rings (SSSR count). The van der Waals surface area contributed by atoms with Crippen LogP contribution in [0.5, 0.6) is 0 Å². The van der Waals surface area contributed by atoms with E-state index in [1.807, 2.05) is 6.92 Å². The van der Waals surface area contributed by atoms with E-state index in [1.54, 1.807) is 0 Å². The summed E-state index contributed by atoms with van der Waals surface area (Å²) in [6.07, 6.45) is 0.503. The van der Waals surface area contributed by atoms with Gasteiger partial charge in [0.25, 0.3) is 0 Å². The number of amides is 1. The fourth-order valence-electron chi connectivity index (χ4n) is 0.497. The summed E-state index contributed by atoms with van der Waals surface area (Å²) < 4.78 is 4.97. The first-order chi connectivity index (χ1) is 4.68. The molecule has 0 spiro atoms. The first-order valence-electron chi connectivity index (χ1n) is 3.31. The van der Waals surface area contributed by atoms with Crippen LogP contribution in [0.3, 0.4) is 0 Å². The van der Waals surface area contributed by atoms with Crippen molar-refractivity contribution in [1.29, 1.82) is 0 Å². The van der Waals surface area contributed by atoms with Crippen LogP contribution < -0.4 is 11.5 Å². The third kappa shape index (κ3) is 4.29. The molecule has 0 bridgehead atoms. The number of nitrogens with two attached hydrogens (primary N) is 2. The van der Waals surface area contributed by atoms with Crippen LogP contribution in [-0.2, 0) is 9.53 Å². The average molecular weight is 146 g/mol. The maximum atomic E-state index is 10.3. The van der Waals surface area contributed by atoms with Crippen molar-refractivity contribution in [2.24, 2.45) is 11.5 Å². The lowest BCUT2D eigenvalue weighted by Crippen LogP contribution is -2.37. The highest BCUT2D eigenvalue weighted by Crippen LogP contribution is 1.87. The van der Waals surface area contributed by atoms with Gasteiger partial charge in [-0.05, 0) is 13.3 Å². The van der Waals surface area contributed by atoms with Crippen molar-refractivity contribution in [1.82, 2.24) is 0 Å². The van der Waals surface area contributed by atoms with E-state index in [4.69, 9.17) is 16.2 Å². The molecule has 4 nitrogen and oxygen atoms in total. The Morgan fingerprint density at radius 3 is 2.70 bits per heavy atom. The zero-order valence-corrected chi connectivity index (χ0v) is 6.17. The van der Waals surface area contributed by atoms with E-state index < -0.39 is 11.9 Å². The summed E-state index contributed by atoms with van der Waals surface area (Å²) >= 11 is 0. The van der Waals surface area contributed by atoms with Gasteiger partial charge < -0.3 is 16.2 Å². The zero-order chi connectivity index (χ0) is 7.98. The molecule has 1 unspecified atom stereocenters. The van der Waals surface area contributed by atoms with Gasteiger partial charge in [-0.25, -0.2) is 0 Å². The number of carbonyl (C=O) groups excluding carboxylic acids is 1. The topological polar surface area (TPSA) is 78.3 Å². The van der Waals surface area contributed by atoms with Crippen LogP contribution >= 0.6 is 0 Å². The highest BCUT2D eigenvalue weighted by molar-refractivity contribution is 5.79. The first kappa shape index (κ1) is 9.39. The molecule has 0 saturated carbocycles. The van der Waals surface area contributed by atoms with Gasteiger partial charge in [0.2, 0.25) is 5.91 Å². The van der Waals surface area contributed by atoms with E-state index in [0.29, 0.717) is 19.6 Å². The smallest absolute Gasteiger partial charge is 0.234 e. The van der Waals surface area contributed by atoms with Crippen LogP contribution in [0.25, 0.3) is 0 Å². The Bertz CT molecular complexity index is 106. The Balaban J connectivity index is 3.21. The second kappa shape index (κ2) is 5.20. The van der Waals surface area contributed by atoms with Crippen molar-refractivity contribution in [3.63, 3.8) is 0 Å². The second-order valence-electron chi connectivity index (χ2n) is 1.99. The Morgan fingerprint density at radius 1 is 1.70 bits per heavy atom. The monoisotopic (exact) mass is 146 g/mol. The lowest BCUT2D eigenvalue weighted by molar-refractivity contribution is -0.119. The Labute approximate surface area is 60.5 Å². The summed E-state index contributed by atoms with van der Waals surface area (Å²) in [6, 6.07) is -0.563. The fraction of sp³-hybridized carbons (Fsp3) is 0.833. The molecule has 0 aliphatic rings. The van der Waals surface area contributed by atoms with Crippen LogP contribution in [-0.4, -0.2) is 25.2 Å². The largest absolute Gasteiger partial charge is 0.382 e. The molecule has 0 radical (unpaired) electrons. The zero-order valence-electron chi connectivity index (χ0n) is 6.17. The number of hydrogen-bond acceptors (Lipinski definition) is 3. The van der Waals surface area contributed by atoms with E-state index in [-0.39, 0.29) is 0 Å². The van der Waals surface area contributed by atoms with Crippen molar-refractivity contribution < 1.29 is 9.53 Å². The van der Waals surface area contributed by atoms with Gasteiger partial charge in [0, 0.05) is 13.2 Å². The van der Waals surface area contributed by atoms with Gasteiger partial charge in [0.1, 0.15) is 0 Å². The molecule has 0 aliphatic carbocycles. The lowest BCUT2D eigenvalue weighted by atomic mass is 10.2. The van der Waals surface area contributed by atoms with Gasteiger partial charge in [-0.1, -0.05) is 0 Å². The van der Waals surface area contributed by atoms with E-state index >= 15 is 0 Å². The lowest BCUT2D eigenvalue weighted by Gasteiger charge is -2.05. The van der Waals surface area contributed by atoms with Gasteiger partial charge in [-0.2, -0.15) is 0 Å². The first-order valence-corrected chi connectivity index (χ1v) is 3.31. The van der Waals surface area contributed by atoms with Crippen molar-refractivity contribution in [3.8, 4) is 0 Å². The molecule has 0 aromatic carbocycles. The van der Waals surface area contributed by atoms with Crippen molar-refractivity contribution >= 4 is 5.91 Å². The van der Waals surface area contributed by atoms with Gasteiger partial charge >= 0.3 is 0 Å². The van der Waals surface area contributed by atoms with Gasteiger partial charge in [-0.15, -0.1) is 0 Å². The van der Waals surface area contributed by atoms with Crippen molar-refractivity contribution in [3.05, 3.63) is 0 Å². The van der Waals surface area contributed by atoms with Crippen molar-refractivity contribution in [2.45, 2.75) is 19.4 Å². The van der Waals surface area contributed by atoms with Crippen LogP contribution in [0.4, 0.5) is 0 Å². The molecule has 0 aromatic rings. The SMILES string of the molecule is CCOCCC(N)C(N)=O. The third-order valence-electron chi connectivity index (χ3n) is 1.14. The van der Waals surface area contributed by atoms with E-state index in [2.05, 4.69) is 0 Å². The molecular weight excluding hydrogens is 132 g/mol. The average Bonchev–Trinajstić information content (AvgIpc) is 1.88. The molecule has 1 amide bonds. The number of rotatable bonds is 5. The summed E-state index contributed by atoms with van der Waals surface area (Å²) in [5, 5.41) is 0. The third-order valence-corrected chi connectivity index (χ3v) is 1.14. The summed E-state index contributed by atoms with van der Waals surface area (Å²) in [6.45, 7) is 3.03. The minimum absolute atomic E-state index is 0.472. The van der Waals surface area contributed by atoms with Crippen LogP contribution in [0.1, 0.15) is 13.3 Å². The summed E-state index contributed by atoms with van der Waals surface area (Å²) in [4.78, 5) is 10.3. The quantitative estimate of drug-likeness (QED) is 0.500. The molecule has 1 atom stereocenters. The Morgan fingerprint density at radius 2 is 2.30 bits per heavy atom. The van der Waals surface area contributed by atoms with Gasteiger partial charge in [0.15, 0.2) is 0 Å². The van der Waals surface area contributed by atoms with E-state index in [9.17, 15) is 4.79 Å². The highest BCUT2D eigenvalue weighted by atomic mass is 16.5. The van der Waals surface area contributed by atoms with Gasteiger partial charge in [-0.3, -0.25) is 4.79 Å². The molecule has 0 fully saturated rings. The number of ether oxygens (including phenoxy) is 1. The molecule has 4 N–H and O–H groups in total. The highest BCUT2D eigenvalue weighted by Gasteiger charge is 2.07. The summed E-state index contributed by atoms with van der Waals surface area (Å²) in [7, 11) is 0. The summed E-state index contributed by atoms with van der Waals surface area (Å²) in [5.74, 6) is -0.472. The molecule has 0 heterocycles. The Hall–Kier alpha value is -0.610. The molecule has 4 heteroatoms. The van der Waals surface area contributed by atoms with Gasteiger partial charge in [0.05, 0.1) is 6.04 Å². The minimum atomic E-state index is -0.563. The second-order valence-corrected chi connectivity index (χ2v) is 1.99. The maximum absolute atomic E-state index is 10.3. The van der Waals surface area contributed by atoms with Crippen LogP contribution in [0, 0.1) is 0 Å². The van der Waals surface area contributed by atoms with Crippen LogP contribution in [0.15, 0.2) is 0 Å². The standard InChI is InChI=1S/C6H14N2O2/c1-2-10-4-3-5(7)6(8)9/h5H,2-4,7H2,1H3,(H2,8,9). The van der Waals surface area contributed by atoms with Crippen LogP contribution in [0.2, 0.25) is 0 Å². The number of carbonyl (C=O) groups is 1. The Kier molecular flexibility index (Phi) is 4.88. The molecular formula is C6H14N2O2. The van der Waals surface area contributed by atoms with Crippen molar-refractivity contribution in [2.75, 3.05) is 13.2 Å². The van der Waals surface area contributed by atoms with E-state index in [0.717, 1.165) is 0 Å². The molecule has 0 aliphatic heterocycles. The molecule has 0 saturated heterocycles. The number of hydrogen-bond donors (Lipinski definition) is 2. The molecule has 10 heavy (non-hydrogen) atoms. The maximum Gasteiger partial charge on any atom is 0.234 e. The molecule has 0 aromatic heterocycles. The van der Waals surface area contributed by atoms with E-state index in [1.165, 1.54) is 0 Å².